The van der Waals surface area contributed by atoms with Crippen molar-refractivity contribution < 1.29 is 14.0 Å². The molecule has 1 aliphatic rings. The summed E-state index contributed by atoms with van der Waals surface area (Å²) in [5.41, 5.74) is 3.67. The first-order chi connectivity index (χ1) is 12.6. The fourth-order valence-corrected chi connectivity index (χ4v) is 2.82. The second-order valence-corrected chi connectivity index (χ2v) is 6.03. The lowest BCUT2D eigenvalue weighted by molar-refractivity contribution is -0.115. The Hall–Kier alpha value is -3.61. The number of amides is 3. The average molecular weight is 348 g/mol. The number of anilines is 3. The van der Waals surface area contributed by atoms with Crippen molar-refractivity contribution in [3.8, 4) is 11.5 Å². The van der Waals surface area contributed by atoms with E-state index < -0.39 is 0 Å². The first kappa shape index (κ1) is 15.9. The molecule has 26 heavy (non-hydrogen) atoms. The number of carbonyl (C=O) groups excluding carboxylic acids is 2. The van der Waals surface area contributed by atoms with Crippen molar-refractivity contribution in [3.63, 3.8) is 0 Å². The zero-order valence-electron chi connectivity index (χ0n) is 14.0. The maximum absolute atomic E-state index is 12.3. The number of hydrogen-bond acceptors (Lipinski definition) is 4. The summed E-state index contributed by atoms with van der Waals surface area (Å²) >= 11 is 0. The van der Waals surface area contributed by atoms with E-state index in [1.54, 1.807) is 36.5 Å². The van der Waals surface area contributed by atoms with Gasteiger partial charge < -0.3 is 20.4 Å². The molecule has 0 bridgehead atoms. The lowest BCUT2D eigenvalue weighted by Crippen LogP contribution is -2.19. The number of nitrogens with one attached hydrogen (secondary N) is 3. The van der Waals surface area contributed by atoms with Crippen LogP contribution < -0.4 is 16.0 Å². The number of nitrogens with zero attached hydrogens (tertiary/aromatic N) is 1. The van der Waals surface area contributed by atoms with Crippen LogP contribution >= 0.6 is 0 Å². The summed E-state index contributed by atoms with van der Waals surface area (Å²) < 4.78 is 5.50. The van der Waals surface area contributed by atoms with Crippen LogP contribution in [0.15, 0.2) is 53.1 Å². The van der Waals surface area contributed by atoms with Crippen LogP contribution in [0.25, 0.3) is 11.5 Å². The number of fused-ring (bicyclic) bond motifs is 1. The van der Waals surface area contributed by atoms with Gasteiger partial charge in [0.15, 0.2) is 0 Å². The van der Waals surface area contributed by atoms with Gasteiger partial charge >= 0.3 is 6.03 Å². The van der Waals surface area contributed by atoms with E-state index >= 15 is 0 Å². The molecule has 130 valence electrons. The number of hydrogen-bond donors (Lipinski definition) is 3. The minimum atomic E-state index is -0.372. The van der Waals surface area contributed by atoms with E-state index in [1.807, 2.05) is 19.1 Å². The second-order valence-electron chi connectivity index (χ2n) is 6.03. The molecule has 3 N–H and O–H groups in total. The van der Waals surface area contributed by atoms with E-state index in [1.165, 1.54) is 0 Å². The Bertz CT molecular complexity index is 1010. The van der Waals surface area contributed by atoms with Gasteiger partial charge in [0.1, 0.15) is 5.76 Å². The highest BCUT2D eigenvalue weighted by Crippen LogP contribution is 2.26. The first-order valence-electron chi connectivity index (χ1n) is 8.10. The minimum Gasteiger partial charge on any atom is -0.441 e. The van der Waals surface area contributed by atoms with Crippen molar-refractivity contribution in [2.24, 2.45) is 0 Å². The summed E-state index contributed by atoms with van der Waals surface area (Å²) in [7, 11) is 0. The van der Waals surface area contributed by atoms with Crippen LogP contribution in [0.4, 0.5) is 21.9 Å². The van der Waals surface area contributed by atoms with Crippen molar-refractivity contribution in [3.05, 3.63) is 60.0 Å². The van der Waals surface area contributed by atoms with Crippen LogP contribution in [-0.4, -0.2) is 16.9 Å². The minimum absolute atomic E-state index is 0.0415. The van der Waals surface area contributed by atoms with Crippen LogP contribution in [-0.2, 0) is 11.2 Å². The molecule has 7 nitrogen and oxygen atoms in total. The van der Waals surface area contributed by atoms with Gasteiger partial charge in [-0.15, -0.1) is 0 Å². The Kier molecular flexibility index (Phi) is 3.89. The molecule has 0 aliphatic carbocycles. The van der Waals surface area contributed by atoms with E-state index in [0.29, 0.717) is 23.7 Å². The number of aryl methyl sites for hydroxylation is 1. The maximum atomic E-state index is 12.3. The number of oxazole rings is 1. The summed E-state index contributed by atoms with van der Waals surface area (Å²) in [6, 6.07) is 12.2. The summed E-state index contributed by atoms with van der Waals surface area (Å²) in [4.78, 5) is 27.8. The first-order valence-corrected chi connectivity index (χ1v) is 8.10. The molecule has 2 aromatic carbocycles. The molecule has 0 radical (unpaired) electrons. The number of urea groups is 1. The Morgan fingerprint density at radius 3 is 2.73 bits per heavy atom. The Labute approximate surface area is 149 Å². The predicted octanol–water partition coefficient (Wildman–Crippen LogP) is 3.79. The highest BCUT2D eigenvalue weighted by Gasteiger charge is 2.18. The van der Waals surface area contributed by atoms with E-state index in [9.17, 15) is 9.59 Å². The van der Waals surface area contributed by atoms with Crippen LogP contribution in [0.5, 0.6) is 0 Å². The zero-order valence-corrected chi connectivity index (χ0v) is 14.0. The molecule has 1 aliphatic heterocycles. The quantitative estimate of drug-likeness (QED) is 0.671. The van der Waals surface area contributed by atoms with Crippen molar-refractivity contribution >= 4 is 29.0 Å². The summed E-state index contributed by atoms with van der Waals surface area (Å²) in [6.07, 6.45) is 1.97. The van der Waals surface area contributed by atoms with Gasteiger partial charge in [-0.2, -0.15) is 0 Å². The molecule has 0 saturated carbocycles. The molecular weight excluding hydrogens is 332 g/mol. The van der Waals surface area contributed by atoms with Crippen molar-refractivity contribution in [2.75, 3.05) is 16.0 Å². The van der Waals surface area contributed by atoms with E-state index in [0.717, 1.165) is 22.6 Å². The normalized spacial score (nSPS) is 12.4. The van der Waals surface area contributed by atoms with Crippen LogP contribution in [0.2, 0.25) is 0 Å². The molecule has 2 heterocycles. The second kappa shape index (κ2) is 6.36. The van der Waals surface area contributed by atoms with Crippen molar-refractivity contribution in [2.45, 2.75) is 13.3 Å². The largest absolute Gasteiger partial charge is 0.441 e. The molecule has 0 spiro atoms. The van der Waals surface area contributed by atoms with E-state index in [-0.39, 0.29) is 11.9 Å². The van der Waals surface area contributed by atoms with Gasteiger partial charge in [0.05, 0.1) is 12.6 Å². The molecule has 0 atom stereocenters. The van der Waals surface area contributed by atoms with Gasteiger partial charge in [0.25, 0.3) is 0 Å². The van der Waals surface area contributed by atoms with E-state index in [4.69, 9.17) is 4.42 Å². The summed E-state index contributed by atoms with van der Waals surface area (Å²) in [6.45, 7) is 1.83. The summed E-state index contributed by atoms with van der Waals surface area (Å²) in [5.74, 6) is 1.18. The number of benzene rings is 2. The van der Waals surface area contributed by atoms with Gasteiger partial charge in [0, 0.05) is 22.6 Å². The fraction of sp³-hybridized carbons (Fsp3) is 0.105. The van der Waals surface area contributed by atoms with Crippen LogP contribution in [0.1, 0.15) is 11.3 Å². The molecule has 4 rings (SSSR count). The fourth-order valence-electron chi connectivity index (χ4n) is 2.82. The molecular formula is C19H16N4O3. The molecule has 1 aromatic heterocycles. The van der Waals surface area contributed by atoms with Gasteiger partial charge in [0.2, 0.25) is 11.8 Å². The van der Waals surface area contributed by atoms with Crippen molar-refractivity contribution in [1.29, 1.82) is 0 Å². The van der Waals surface area contributed by atoms with E-state index in [2.05, 4.69) is 20.9 Å². The Morgan fingerprint density at radius 1 is 1.15 bits per heavy atom. The molecule has 0 unspecified atom stereocenters. The summed E-state index contributed by atoms with van der Waals surface area (Å²) in [5, 5.41) is 8.31. The third-order valence-electron chi connectivity index (χ3n) is 3.98. The molecule has 3 amide bonds. The predicted molar refractivity (Wildman–Crippen MR) is 98.1 cm³/mol. The Morgan fingerprint density at radius 2 is 1.96 bits per heavy atom. The van der Waals surface area contributed by atoms with Crippen LogP contribution in [0, 0.1) is 6.92 Å². The third-order valence-corrected chi connectivity index (χ3v) is 3.98. The highest BCUT2D eigenvalue weighted by atomic mass is 16.4. The van der Waals surface area contributed by atoms with Gasteiger partial charge in [-0.25, -0.2) is 9.78 Å². The lowest BCUT2D eigenvalue weighted by Gasteiger charge is -2.09. The van der Waals surface area contributed by atoms with Crippen LogP contribution in [0.3, 0.4) is 0 Å². The molecule has 0 saturated heterocycles. The molecule has 3 aromatic rings. The smallest absolute Gasteiger partial charge is 0.323 e. The van der Waals surface area contributed by atoms with Gasteiger partial charge in [-0.05, 0) is 48.9 Å². The lowest BCUT2D eigenvalue weighted by atomic mass is 10.1. The topological polar surface area (TPSA) is 96.3 Å². The number of aromatic nitrogens is 1. The monoisotopic (exact) mass is 348 g/mol. The van der Waals surface area contributed by atoms with Gasteiger partial charge in [-0.3, -0.25) is 4.79 Å². The van der Waals surface area contributed by atoms with Gasteiger partial charge in [-0.1, -0.05) is 6.07 Å². The average Bonchev–Trinajstić information content (AvgIpc) is 3.19. The zero-order chi connectivity index (χ0) is 18.1. The molecule has 0 fully saturated rings. The number of carbonyl (C=O) groups is 2. The van der Waals surface area contributed by atoms with Crippen molar-refractivity contribution in [1.82, 2.24) is 4.98 Å². The maximum Gasteiger partial charge on any atom is 0.323 e. The SMILES string of the molecule is Cc1cnc(-c2cccc(NC(=O)Nc3ccc4c(c3)CC(=O)N4)c2)o1. The Balaban J connectivity index is 1.45. The highest BCUT2D eigenvalue weighted by molar-refractivity contribution is 6.02. The molecule has 7 heteroatoms. The number of rotatable bonds is 3. The standard InChI is InChI=1S/C19H16N4O3/c1-11-10-20-18(26-11)12-3-2-4-14(7-12)21-19(25)22-15-5-6-16-13(8-15)9-17(24)23-16/h2-8,10H,9H2,1H3,(H,23,24)(H2,21,22,25). The third kappa shape index (κ3) is 3.27.